The maximum Gasteiger partial charge on any atom is 0.410 e. The Morgan fingerprint density at radius 2 is 1.74 bits per heavy atom. The van der Waals surface area contributed by atoms with Gasteiger partial charge in [-0.1, -0.05) is 24.3 Å². The molecule has 31 heavy (non-hydrogen) atoms. The Kier molecular flexibility index (Phi) is 6.19. The van der Waals surface area contributed by atoms with E-state index in [-0.39, 0.29) is 18.1 Å². The summed E-state index contributed by atoms with van der Waals surface area (Å²) in [5.74, 6) is -0.309. The Morgan fingerprint density at radius 1 is 1.06 bits per heavy atom. The molecule has 1 aromatic heterocycles. The normalized spacial score (nSPS) is 11.4. The van der Waals surface area contributed by atoms with Gasteiger partial charge in [-0.3, -0.25) is 13.9 Å². The molecule has 2 aromatic carbocycles. The molecule has 1 N–H and O–H groups in total. The van der Waals surface area contributed by atoms with Gasteiger partial charge in [-0.25, -0.2) is 9.59 Å². The van der Waals surface area contributed by atoms with Gasteiger partial charge in [0, 0.05) is 26.3 Å². The molecule has 2 amide bonds. The van der Waals surface area contributed by atoms with Crippen LogP contribution in [0.5, 0.6) is 0 Å². The number of fused-ring (bicyclic) bond motifs is 1. The smallest absolute Gasteiger partial charge is 0.410 e. The predicted octanol–water partition coefficient (Wildman–Crippen LogP) is 3.35. The number of para-hydroxylation sites is 2. The van der Waals surface area contributed by atoms with Gasteiger partial charge in [0.2, 0.25) is 5.91 Å². The van der Waals surface area contributed by atoms with Crippen LogP contribution in [0.25, 0.3) is 11.0 Å². The number of carbonyl (C=O) groups is 2. The SMILES string of the molecule is CN(Cc1cccc(NC(=O)Cn2c(=O)n(C)c3ccccc32)c1)C(=O)OC(C)(C)C. The zero-order chi connectivity index (χ0) is 22.8. The van der Waals surface area contributed by atoms with Crippen LogP contribution in [0.2, 0.25) is 0 Å². The van der Waals surface area contributed by atoms with Gasteiger partial charge in [-0.05, 0) is 50.6 Å². The van der Waals surface area contributed by atoms with Crippen molar-refractivity contribution < 1.29 is 14.3 Å². The largest absolute Gasteiger partial charge is 0.444 e. The van der Waals surface area contributed by atoms with E-state index < -0.39 is 11.7 Å². The highest BCUT2D eigenvalue weighted by molar-refractivity contribution is 5.91. The van der Waals surface area contributed by atoms with Crippen molar-refractivity contribution in [3.8, 4) is 0 Å². The van der Waals surface area contributed by atoms with E-state index in [9.17, 15) is 14.4 Å². The number of hydrogen-bond donors (Lipinski definition) is 1. The third kappa shape index (κ3) is 5.33. The molecule has 3 aromatic rings. The minimum absolute atomic E-state index is 0.0950. The fraction of sp³-hybridized carbons (Fsp3) is 0.348. The van der Waals surface area contributed by atoms with Crippen LogP contribution < -0.4 is 11.0 Å². The van der Waals surface area contributed by atoms with Gasteiger partial charge in [-0.15, -0.1) is 0 Å². The molecule has 0 aliphatic carbocycles. The second-order valence-corrected chi connectivity index (χ2v) is 8.50. The molecule has 0 spiro atoms. The first-order chi connectivity index (χ1) is 14.5. The van der Waals surface area contributed by atoms with Crippen molar-refractivity contribution in [1.29, 1.82) is 0 Å². The molecule has 0 fully saturated rings. The summed E-state index contributed by atoms with van der Waals surface area (Å²) in [6.07, 6.45) is -0.419. The number of aromatic nitrogens is 2. The van der Waals surface area contributed by atoms with Crippen LogP contribution in [0, 0.1) is 0 Å². The number of carbonyl (C=O) groups excluding carboxylic acids is 2. The lowest BCUT2D eigenvalue weighted by molar-refractivity contribution is -0.116. The molecule has 0 atom stereocenters. The van der Waals surface area contributed by atoms with E-state index in [4.69, 9.17) is 4.74 Å². The number of imidazole rings is 1. The van der Waals surface area contributed by atoms with Crippen LogP contribution in [0.15, 0.2) is 53.3 Å². The topological polar surface area (TPSA) is 85.6 Å². The standard InChI is InChI=1S/C23H28N4O4/c1-23(2,3)31-22(30)25(4)14-16-9-8-10-17(13-16)24-20(28)15-27-19-12-7-6-11-18(19)26(5)21(27)29/h6-13H,14-15H2,1-5H3,(H,24,28). The summed E-state index contributed by atoms with van der Waals surface area (Å²) >= 11 is 0. The molecular weight excluding hydrogens is 396 g/mol. The molecule has 8 heteroatoms. The molecule has 0 aliphatic rings. The number of aryl methyl sites for hydroxylation is 1. The molecular formula is C23H28N4O4. The number of hydrogen-bond acceptors (Lipinski definition) is 4. The minimum atomic E-state index is -0.569. The number of benzene rings is 2. The molecule has 0 saturated heterocycles. The van der Waals surface area contributed by atoms with E-state index in [1.807, 2.05) is 51.1 Å². The fourth-order valence-electron chi connectivity index (χ4n) is 3.29. The minimum Gasteiger partial charge on any atom is -0.444 e. The van der Waals surface area contributed by atoms with Crippen LogP contribution in [0.4, 0.5) is 10.5 Å². The van der Waals surface area contributed by atoms with Gasteiger partial charge in [0.1, 0.15) is 12.1 Å². The average molecular weight is 425 g/mol. The number of nitrogens with zero attached hydrogens (tertiary/aromatic N) is 3. The van der Waals surface area contributed by atoms with Crippen LogP contribution in [-0.4, -0.2) is 38.7 Å². The van der Waals surface area contributed by atoms with Crippen molar-refractivity contribution in [2.75, 3.05) is 12.4 Å². The first-order valence-corrected chi connectivity index (χ1v) is 10.0. The highest BCUT2D eigenvalue weighted by atomic mass is 16.6. The summed E-state index contributed by atoms with van der Waals surface area (Å²) in [6.45, 7) is 5.69. The summed E-state index contributed by atoms with van der Waals surface area (Å²) in [5, 5.41) is 2.83. The Bertz CT molecular complexity index is 1170. The van der Waals surface area contributed by atoms with Gasteiger partial charge in [0.15, 0.2) is 0 Å². The highest BCUT2D eigenvalue weighted by Crippen LogP contribution is 2.16. The Morgan fingerprint density at radius 3 is 2.42 bits per heavy atom. The molecule has 0 radical (unpaired) electrons. The van der Waals surface area contributed by atoms with Crippen LogP contribution in [0.3, 0.4) is 0 Å². The third-order valence-corrected chi connectivity index (χ3v) is 4.69. The molecule has 0 unspecified atom stereocenters. The van der Waals surface area contributed by atoms with Gasteiger partial charge >= 0.3 is 11.8 Å². The van der Waals surface area contributed by atoms with E-state index in [0.29, 0.717) is 17.7 Å². The first-order valence-electron chi connectivity index (χ1n) is 10.0. The summed E-state index contributed by atoms with van der Waals surface area (Å²) < 4.78 is 8.34. The van der Waals surface area contributed by atoms with Crippen molar-refractivity contribution in [1.82, 2.24) is 14.0 Å². The van der Waals surface area contributed by atoms with Crippen molar-refractivity contribution in [3.05, 3.63) is 64.6 Å². The molecule has 0 aliphatic heterocycles. The van der Waals surface area contributed by atoms with Gasteiger partial charge < -0.3 is 15.0 Å². The van der Waals surface area contributed by atoms with Crippen LogP contribution in [-0.2, 0) is 29.7 Å². The van der Waals surface area contributed by atoms with Crippen molar-refractivity contribution in [2.45, 2.75) is 39.5 Å². The summed E-state index contributed by atoms with van der Waals surface area (Å²) in [4.78, 5) is 38.8. The molecule has 0 bridgehead atoms. The fourth-order valence-corrected chi connectivity index (χ4v) is 3.29. The van der Waals surface area contributed by atoms with Crippen LogP contribution in [0.1, 0.15) is 26.3 Å². The monoisotopic (exact) mass is 424 g/mol. The molecule has 1 heterocycles. The van der Waals surface area contributed by atoms with Crippen LogP contribution >= 0.6 is 0 Å². The van der Waals surface area contributed by atoms with Gasteiger partial charge in [-0.2, -0.15) is 0 Å². The van der Waals surface area contributed by atoms with E-state index in [1.165, 1.54) is 14.0 Å². The lowest BCUT2D eigenvalue weighted by atomic mass is 10.2. The molecule has 8 nitrogen and oxygen atoms in total. The predicted molar refractivity (Wildman–Crippen MR) is 120 cm³/mol. The van der Waals surface area contributed by atoms with E-state index in [2.05, 4.69) is 5.32 Å². The zero-order valence-corrected chi connectivity index (χ0v) is 18.5. The Hall–Kier alpha value is -3.55. The number of nitrogens with one attached hydrogen (secondary N) is 1. The maximum absolute atomic E-state index is 12.6. The summed E-state index contributed by atoms with van der Waals surface area (Å²) in [6, 6.07) is 14.6. The Balaban J connectivity index is 1.69. The van der Waals surface area contributed by atoms with E-state index >= 15 is 0 Å². The molecule has 164 valence electrons. The van der Waals surface area contributed by atoms with Crippen molar-refractivity contribution in [2.24, 2.45) is 7.05 Å². The average Bonchev–Trinajstić information content (AvgIpc) is 2.92. The number of rotatable bonds is 5. The number of anilines is 1. The highest BCUT2D eigenvalue weighted by Gasteiger charge is 2.20. The number of amides is 2. The Labute approximate surface area is 181 Å². The summed E-state index contributed by atoms with van der Waals surface area (Å²) in [7, 11) is 3.34. The maximum atomic E-state index is 12.6. The number of ether oxygens (including phenoxy) is 1. The van der Waals surface area contributed by atoms with Crippen molar-refractivity contribution >= 4 is 28.7 Å². The second kappa shape index (κ2) is 8.67. The van der Waals surface area contributed by atoms with Gasteiger partial charge in [0.25, 0.3) is 0 Å². The lowest BCUT2D eigenvalue weighted by Gasteiger charge is -2.24. The lowest BCUT2D eigenvalue weighted by Crippen LogP contribution is -2.33. The third-order valence-electron chi connectivity index (χ3n) is 4.69. The second-order valence-electron chi connectivity index (χ2n) is 8.50. The molecule has 0 saturated carbocycles. The quantitative estimate of drug-likeness (QED) is 0.681. The van der Waals surface area contributed by atoms with E-state index in [0.717, 1.165) is 11.1 Å². The zero-order valence-electron chi connectivity index (χ0n) is 18.5. The van der Waals surface area contributed by atoms with Gasteiger partial charge in [0.05, 0.1) is 11.0 Å². The summed E-state index contributed by atoms with van der Waals surface area (Å²) in [5.41, 5.74) is 2.09. The van der Waals surface area contributed by atoms with Crippen molar-refractivity contribution in [3.63, 3.8) is 0 Å². The first kappa shape index (κ1) is 22.1. The molecule has 3 rings (SSSR count). The van der Waals surface area contributed by atoms with E-state index in [1.54, 1.807) is 32.3 Å².